The molecule has 5 nitrogen and oxygen atoms in total. The molecule has 1 aromatic heterocycles. The van der Waals surface area contributed by atoms with Crippen molar-refractivity contribution in [1.29, 1.82) is 0 Å². The highest BCUT2D eigenvalue weighted by atomic mass is 16.5. The van der Waals surface area contributed by atoms with E-state index in [1.54, 1.807) is 0 Å². The van der Waals surface area contributed by atoms with Crippen LogP contribution in [0, 0.1) is 0 Å². The summed E-state index contributed by atoms with van der Waals surface area (Å²) in [7, 11) is 1.34. The molecule has 20 heavy (non-hydrogen) atoms. The van der Waals surface area contributed by atoms with E-state index in [9.17, 15) is 4.79 Å². The molecule has 0 radical (unpaired) electrons. The van der Waals surface area contributed by atoms with E-state index in [1.807, 2.05) is 18.2 Å². The van der Waals surface area contributed by atoms with Gasteiger partial charge in [0.05, 0.1) is 18.1 Å². The van der Waals surface area contributed by atoms with Gasteiger partial charge in [-0.2, -0.15) is 0 Å². The van der Waals surface area contributed by atoms with Crippen LogP contribution >= 0.6 is 0 Å². The molecule has 1 N–H and O–H groups in total. The van der Waals surface area contributed by atoms with E-state index in [2.05, 4.69) is 42.3 Å². The number of nitrogens with one attached hydrogen (secondary N) is 1. The van der Waals surface area contributed by atoms with Crippen LogP contribution in [0.3, 0.4) is 0 Å². The molecule has 0 spiro atoms. The summed E-state index contributed by atoms with van der Waals surface area (Å²) in [4.78, 5) is 16.0. The topological polar surface area (TPSA) is 56.2 Å². The van der Waals surface area contributed by atoms with Crippen molar-refractivity contribution in [2.24, 2.45) is 0 Å². The Morgan fingerprint density at radius 3 is 2.65 bits per heavy atom. The number of anilines is 1. The van der Waals surface area contributed by atoms with E-state index in [4.69, 9.17) is 4.98 Å². The summed E-state index contributed by atoms with van der Waals surface area (Å²) in [5.74, 6) is 1.05. The lowest BCUT2D eigenvalue weighted by Gasteiger charge is -2.19. The summed E-state index contributed by atoms with van der Waals surface area (Å²) in [5, 5.41) is 2.66. The number of imidazole rings is 1. The monoisotopic (exact) mass is 275 g/mol. The van der Waals surface area contributed by atoms with E-state index >= 15 is 0 Å². The summed E-state index contributed by atoms with van der Waals surface area (Å²) in [6, 6.07) is 5.71. The van der Waals surface area contributed by atoms with Crippen LogP contribution in [0.1, 0.15) is 33.5 Å². The number of carbonyl (C=O) groups excluding carboxylic acids is 1. The zero-order valence-electron chi connectivity index (χ0n) is 12.7. The highest BCUT2D eigenvalue weighted by molar-refractivity contribution is 5.88. The average molecular weight is 275 g/mol. The number of rotatable bonds is 2. The van der Waals surface area contributed by atoms with Gasteiger partial charge in [0.15, 0.2) is 0 Å². The molecule has 0 bridgehead atoms. The SMILES string of the molecule is CCn1c(C(C)(C)C)nc2cc(NC(=O)OC)ccc21. The molecule has 108 valence electrons. The van der Waals surface area contributed by atoms with Crippen LogP contribution in [-0.4, -0.2) is 22.8 Å². The number of hydrogen-bond donors (Lipinski definition) is 1. The summed E-state index contributed by atoms with van der Waals surface area (Å²) in [5.41, 5.74) is 2.62. The van der Waals surface area contributed by atoms with E-state index < -0.39 is 6.09 Å². The molecule has 0 fully saturated rings. The summed E-state index contributed by atoms with van der Waals surface area (Å²) >= 11 is 0. The Kier molecular flexibility index (Phi) is 3.70. The zero-order valence-corrected chi connectivity index (χ0v) is 12.7. The lowest BCUT2D eigenvalue weighted by atomic mass is 9.96. The molecular formula is C15H21N3O2. The molecule has 2 aromatic rings. The molecule has 0 saturated carbocycles. The normalized spacial score (nSPS) is 11.7. The number of fused-ring (bicyclic) bond motifs is 1. The largest absolute Gasteiger partial charge is 0.453 e. The van der Waals surface area contributed by atoms with Crippen LogP contribution in [0.4, 0.5) is 10.5 Å². The van der Waals surface area contributed by atoms with Gasteiger partial charge in [0.1, 0.15) is 5.82 Å². The smallest absolute Gasteiger partial charge is 0.411 e. The molecule has 2 rings (SSSR count). The van der Waals surface area contributed by atoms with Gasteiger partial charge in [-0.1, -0.05) is 20.8 Å². The van der Waals surface area contributed by atoms with Crippen molar-refractivity contribution in [2.75, 3.05) is 12.4 Å². The van der Waals surface area contributed by atoms with Crippen molar-refractivity contribution in [1.82, 2.24) is 9.55 Å². The molecule has 1 aromatic carbocycles. The molecule has 1 amide bonds. The van der Waals surface area contributed by atoms with Crippen LogP contribution in [0.25, 0.3) is 11.0 Å². The Bertz CT molecular complexity index is 638. The molecule has 0 aliphatic carbocycles. The Balaban J connectivity index is 2.51. The van der Waals surface area contributed by atoms with Gasteiger partial charge in [-0.15, -0.1) is 0 Å². The summed E-state index contributed by atoms with van der Waals surface area (Å²) < 4.78 is 6.80. The van der Waals surface area contributed by atoms with Gasteiger partial charge in [-0.25, -0.2) is 9.78 Å². The third-order valence-electron chi connectivity index (χ3n) is 3.17. The van der Waals surface area contributed by atoms with E-state index in [0.29, 0.717) is 5.69 Å². The first kappa shape index (κ1) is 14.4. The number of methoxy groups -OCH3 is 1. The van der Waals surface area contributed by atoms with Gasteiger partial charge >= 0.3 is 6.09 Å². The van der Waals surface area contributed by atoms with Crippen LogP contribution < -0.4 is 5.32 Å². The Morgan fingerprint density at radius 1 is 1.40 bits per heavy atom. The van der Waals surface area contributed by atoms with Crippen molar-refractivity contribution >= 4 is 22.8 Å². The van der Waals surface area contributed by atoms with Crippen LogP contribution in [0.2, 0.25) is 0 Å². The fraction of sp³-hybridized carbons (Fsp3) is 0.467. The van der Waals surface area contributed by atoms with Gasteiger partial charge in [-0.05, 0) is 25.1 Å². The number of amides is 1. The summed E-state index contributed by atoms with van der Waals surface area (Å²) in [6.07, 6.45) is -0.477. The zero-order chi connectivity index (χ0) is 14.9. The fourth-order valence-electron chi connectivity index (χ4n) is 2.27. The highest BCUT2D eigenvalue weighted by Crippen LogP contribution is 2.27. The maximum atomic E-state index is 11.2. The number of benzene rings is 1. The minimum atomic E-state index is -0.477. The molecule has 0 atom stereocenters. The van der Waals surface area contributed by atoms with Crippen LogP contribution in [-0.2, 0) is 16.7 Å². The highest BCUT2D eigenvalue weighted by Gasteiger charge is 2.22. The molecule has 0 aliphatic heterocycles. The van der Waals surface area contributed by atoms with Crippen molar-refractivity contribution in [3.05, 3.63) is 24.0 Å². The van der Waals surface area contributed by atoms with E-state index in [1.165, 1.54) is 7.11 Å². The fourth-order valence-corrected chi connectivity index (χ4v) is 2.27. The first-order valence-electron chi connectivity index (χ1n) is 6.72. The minimum absolute atomic E-state index is 0.0228. The maximum Gasteiger partial charge on any atom is 0.411 e. The van der Waals surface area contributed by atoms with Gasteiger partial charge in [0, 0.05) is 17.6 Å². The first-order valence-corrected chi connectivity index (χ1v) is 6.72. The quantitative estimate of drug-likeness (QED) is 0.912. The lowest BCUT2D eigenvalue weighted by molar-refractivity contribution is 0.187. The standard InChI is InChI=1S/C15H21N3O2/c1-6-18-12-8-7-10(16-14(19)20-5)9-11(12)17-13(18)15(2,3)4/h7-9H,6H2,1-5H3,(H,16,19). The molecule has 5 heteroatoms. The van der Waals surface area contributed by atoms with E-state index in [0.717, 1.165) is 23.4 Å². The van der Waals surface area contributed by atoms with Gasteiger partial charge in [-0.3, -0.25) is 5.32 Å². The predicted octanol–water partition coefficient (Wildman–Crippen LogP) is 3.53. The molecule has 1 heterocycles. The Labute approximate surface area is 118 Å². The van der Waals surface area contributed by atoms with Crippen LogP contribution in [0.15, 0.2) is 18.2 Å². The molecule has 0 unspecified atom stereocenters. The minimum Gasteiger partial charge on any atom is -0.453 e. The van der Waals surface area contributed by atoms with Crippen molar-refractivity contribution in [3.63, 3.8) is 0 Å². The second-order valence-corrected chi connectivity index (χ2v) is 5.75. The number of ether oxygens (including phenoxy) is 1. The van der Waals surface area contributed by atoms with Gasteiger partial charge < -0.3 is 9.30 Å². The van der Waals surface area contributed by atoms with Crippen molar-refractivity contribution < 1.29 is 9.53 Å². The second kappa shape index (κ2) is 5.15. The number of aromatic nitrogens is 2. The number of hydrogen-bond acceptors (Lipinski definition) is 3. The summed E-state index contributed by atoms with van der Waals surface area (Å²) in [6.45, 7) is 9.42. The first-order chi connectivity index (χ1) is 9.36. The molecule has 0 aliphatic rings. The predicted molar refractivity (Wildman–Crippen MR) is 80.1 cm³/mol. The van der Waals surface area contributed by atoms with Gasteiger partial charge in [0.2, 0.25) is 0 Å². The van der Waals surface area contributed by atoms with Crippen molar-refractivity contribution in [2.45, 2.75) is 39.7 Å². The lowest BCUT2D eigenvalue weighted by Crippen LogP contribution is -2.18. The number of nitrogens with zero attached hydrogens (tertiary/aromatic N) is 2. The third kappa shape index (κ3) is 2.61. The third-order valence-corrected chi connectivity index (χ3v) is 3.17. The van der Waals surface area contributed by atoms with Crippen molar-refractivity contribution in [3.8, 4) is 0 Å². The Hall–Kier alpha value is -2.04. The maximum absolute atomic E-state index is 11.2. The van der Waals surface area contributed by atoms with Crippen LogP contribution in [0.5, 0.6) is 0 Å². The second-order valence-electron chi connectivity index (χ2n) is 5.75. The van der Waals surface area contributed by atoms with E-state index in [-0.39, 0.29) is 5.41 Å². The number of carbonyl (C=O) groups is 1. The van der Waals surface area contributed by atoms with Gasteiger partial charge in [0.25, 0.3) is 0 Å². The average Bonchev–Trinajstić information content (AvgIpc) is 2.76. The molecular weight excluding hydrogens is 254 g/mol. The molecule has 0 saturated heterocycles. The number of aryl methyl sites for hydroxylation is 1. The Morgan fingerprint density at radius 2 is 2.10 bits per heavy atom.